The maximum absolute atomic E-state index is 12.0. The van der Waals surface area contributed by atoms with Crippen LogP contribution in [0, 0.1) is 6.92 Å². The molecule has 6 heteroatoms. The molecule has 4 N–H and O–H groups in total. The number of nitrogens with one attached hydrogen (secondary N) is 2. The quantitative estimate of drug-likeness (QED) is 0.782. The largest absolute Gasteiger partial charge is 0.364 e. The van der Waals surface area contributed by atoms with Crippen LogP contribution in [0.3, 0.4) is 0 Å². The van der Waals surface area contributed by atoms with Crippen LogP contribution in [0.5, 0.6) is 0 Å². The summed E-state index contributed by atoms with van der Waals surface area (Å²) in [4.78, 5) is 19.7. The van der Waals surface area contributed by atoms with Crippen LogP contribution in [-0.2, 0) is 16.1 Å². The zero-order chi connectivity index (χ0) is 14.8. The number of amides is 1. The van der Waals surface area contributed by atoms with Crippen molar-refractivity contribution < 1.29 is 9.53 Å². The summed E-state index contributed by atoms with van der Waals surface area (Å²) in [7, 11) is 0. The number of fused-ring (bicyclic) bond motifs is 1. The highest BCUT2D eigenvalue weighted by atomic mass is 16.5. The van der Waals surface area contributed by atoms with Gasteiger partial charge in [0.15, 0.2) is 0 Å². The van der Waals surface area contributed by atoms with Crippen LogP contribution in [0.1, 0.15) is 24.2 Å². The Morgan fingerprint density at radius 3 is 3.14 bits per heavy atom. The molecule has 1 saturated heterocycles. The van der Waals surface area contributed by atoms with Gasteiger partial charge in [0.25, 0.3) is 0 Å². The number of ether oxygens (including phenoxy) is 1. The Hall–Kier alpha value is -1.92. The lowest BCUT2D eigenvalue weighted by molar-refractivity contribution is -0.132. The first kappa shape index (κ1) is 14.0. The van der Waals surface area contributed by atoms with Crippen LogP contribution in [0.15, 0.2) is 18.2 Å². The predicted octanol–water partition coefficient (Wildman–Crippen LogP) is 0.994. The van der Waals surface area contributed by atoms with Gasteiger partial charge in [-0.25, -0.2) is 4.98 Å². The van der Waals surface area contributed by atoms with Crippen molar-refractivity contribution in [3.05, 3.63) is 29.6 Å². The molecule has 112 valence electrons. The number of carbonyl (C=O) groups is 1. The molecule has 1 aliphatic heterocycles. The molecule has 1 fully saturated rings. The van der Waals surface area contributed by atoms with Gasteiger partial charge in [-0.2, -0.15) is 0 Å². The van der Waals surface area contributed by atoms with Gasteiger partial charge >= 0.3 is 0 Å². The van der Waals surface area contributed by atoms with E-state index in [1.165, 1.54) is 5.56 Å². The van der Waals surface area contributed by atoms with Gasteiger partial charge in [-0.3, -0.25) is 4.79 Å². The molecule has 0 bridgehead atoms. The van der Waals surface area contributed by atoms with E-state index in [2.05, 4.69) is 15.3 Å². The minimum absolute atomic E-state index is 0.00919. The van der Waals surface area contributed by atoms with Crippen LogP contribution >= 0.6 is 0 Å². The lowest BCUT2D eigenvalue weighted by Crippen LogP contribution is -2.35. The molecule has 1 amide bonds. The van der Waals surface area contributed by atoms with Crippen molar-refractivity contribution in [2.75, 3.05) is 6.54 Å². The summed E-state index contributed by atoms with van der Waals surface area (Å²) in [5.41, 5.74) is 8.61. The molecule has 1 aliphatic rings. The SMILES string of the molecule is Cc1ccc2nc(CNC(=O)[C@@H]3CC[C@H](CN)O3)[nH]c2c1. The molecule has 0 aliphatic carbocycles. The van der Waals surface area contributed by atoms with Gasteiger partial charge < -0.3 is 20.8 Å². The van der Waals surface area contributed by atoms with Crippen molar-refractivity contribution in [1.82, 2.24) is 15.3 Å². The first-order chi connectivity index (χ1) is 10.2. The number of aromatic nitrogens is 2. The van der Waals surface area contributed by atoms with Crippen molar-refractivity contribution in [1.29, 1.82) is 0 Å². The molecule has 2 atom stereocenters. The summed E-state index contributed by atoms with van der Waals surface area (Å²) >= 11 is 0. The molecule has 0 spiro atoms. The summed E-state index contributed by atoms with van der Waals surface area (Å²) in [6.07, 6.45) is 1.20. The summed E-state index contributed by atoms with van der Waals surface area (Å²) < 4.78 is 5.57. The molecule has 6 nitrogen and oxygen atoms in total. The maximum Gasteiger partial charge on any atom is 0.249 e. The average molecular weight is 288 g/mol. The Balaban J connectivity index is 1.60. The number of hydrogen-bond acceptors (Lipinski definition) is 4. The zero-order valence-electron chi connectivity index (χ0n) is 12.1. The maximum atomic E-state index is 12.0. The summed E-state index contributed by atoms with van der Waals surface area (Å²) in [6.45, 7) is 2.87. The highest BCUT2D eigenvalue weighted by Crippen LogP contribution is 2.19. The molecular weight excluding hydrogens is 268 g/mol. The molecule has 2 heterocycles. The second kappa shape index (κ2) is 5.83. The normalized spacial score (nSPS) is 21.8. The van der Waals surface area contributed by atoms with Gasteiger partial charge in [0.2, 0.25) is 5.91 Å². The number of imidazole rings is 1. The van der Waals surface area contributed by atoms with Gasteiger partial charge in [-0.15, -0.1) is 0 Å². The minimum Gasteiger partial charge on any atom is -0.364 e. The Bertz CT molecular complexity index is 652. The van der Waals surface area contributed by atoms with Crippen LogP contribution in [0.4, 0.5) is 0 Å². The van der Waals surface area contributed by atoms with Crippen molar-refractivity contribution in [2.45, 2.75) is 38.5 Å². The topological polar surface area (TPSA) is 93.0 Å². The van der Waals surface area contributed by atoms with E-state index in [-0.39, 0.29) is 18.1 Å². The number of nitrogens with zero attached hydrogens (tertiary/aromatic N) is 1. The smallest absolute Gasteiger partial charge is 0.249 e. The lowest BCUT2D eigenvalue weighted by atomic mass is 10.2. The van der Waals surface area contributed by atoms with E-state index in [0.717, 1.165) is 29.7 Å². The third-order valence-electron chi connectivity index (χ3n) is 3.78. The van der Waals surface area contributed by atoms with Gasteiger partial charge in [-0.05, 0) is 37.5 Å². The monoisotopic (exact) mass is 288 g/mol. The predicted molar refractivity (Wildman–Crippen MR) is 79.6 cm³/mol. The number of benzene rings is 1. The Kier molecular flexibility index (Phi) is 3.90. The summed E-state index contributed by atoms with van der Waals surface area (Å²) in [5, 5.41) is 2.86. The molecule has 0 unspecified atom stereocenters. The van der Waals surface area contributed by atoms with Gasteiger partial charge in [0.05, 0.1) is 23.7 Å². The Labute approximate surface area is 123 Å². The zero-order valence-corrected chi connectivity index (χ0v) is 12.1. The standard InChI is InChI=1S/C15H20N4O2/c1-9-2-4-11-12(6-9)19-14(18-11)8-17-15(20)13-5-3-10(7-16)21-13/h2,4,6,10,13H,3,5,7-8,16H2,1H3,(H,17,20)(H,18,19)/t10-,13+/m1/s1. The molecule has 1 aromatic carbocycles. The fourth-order valence-corrected chi connectivity index (χ4v) is 2.62. The van der Waals surface area contributed by atoms with Crippen molar-refractivity contribution >= 4 is 16.9 Å². The third-order valence-corrected chi connectivity index (χ3v) is 3.78. The first-order valence-corrected chi connectivity index (χ1v) is 7.24. The van der Waals surface area contributed by atoms with E-state index >= 15 is 0 Å². The van der Waals surface area contributed by atoms with Crippen LogP contribution in [0.25, 0.3) is 11.0 Å². The first-order valence-electron chi connectivity index (χ1n) is 7.24. The van der Waals surface area contributed by atoms with Crippen LogP contribution in [0.2, 0.25) is 0 Å². The number of carbonyl (C=O) groups excluding carboxylic acids is 1. The van der Waals surface area contributed by atoms with Crippen molar-refractivity contribution in [3.8, 4) is 0 Å². The second-order valence-corrected chi connectivity index (χ2v) is 5.48. The number of H-pyrrole nitrogens is 1. The van der Waals surface area contributed by atoms with Gasteiger partial charge in [-0.1, -0.05) is 6.07 Å². The highest BCUT2D eigenvalue weighted by Gasteiger charge is 2.29. The van der Waals surface area contributed by atoms with Crippen LogP contribution < -0.4 is 11.1 Å². The van der Waals surface area contributed by atoms with Crippen LogP contribution in [-0.4, -0.2) is 34.6 Å². The van der Waals surface area contributed by atoms with Crippen molar-refractivity contribution in [3.63, 3.8) is 0 Å². The van der Waals surface area contributed by atoms with Gasteiger partial charge in [0.1, 0.15) is 11.9 Å². The van der Waals surface area contributed by atoms with E-state index in [1.54, 1.807) is 0 Å². The number of nitrogens with two attached hydrogens (primary N) is 1. The molecule has 2 aromatic rings. The third kappa shape index (κ3) is 3.06. The fourth-order valence-electron chi connectivity index (χ4n) is 2.62. The Morgan fingerprint density at radius 2 is 2.38 bits per heavy atom. The minimum atomic E-state index is -0.384. The average Bonchev–Trinajstić information content (AvgIpc) is 3.10. The molecular formula is C15H20N4O2. The van der Waals surface area contributed by atoms with Gasteiger partial charge in [0, 0.05) is 6.54 Å². The highest BCUT2D eigenvalue weighted by molar-refractivity contribution is 5.81. The molecule has 3 rings (SSSR count). The number of aryl methyl sites for hydroxylation is 1. The molecule has 0 saturated carbocycles. The van der Waals surface area contributed by atoms with E-state index in [4.69, 9.17) is 10.5 Å². The molecule has 0 radical (unpaired) electrons. The summed E-state index contributed by atoms with van der Waals surface area (Å²) in [5.74, 6) is 0.653. The Morgan fingerprint density at radius 1 is 1.52 bits per heavy atom. The van der Waals surface area contributed by atoms with E-state index < -0.39 is 0 Å². The van der Waals surface area contributed by atoms with Crippen molar-refractivity contribution in [2.24, 2.45) is 5.73 Å². The lowest BCUT2D eigenvalue weighted by Gasteiger charge is -2.11. The number of hydrogen-bond donors (Lipinski definition) is 3. The molecule has 1 aromatic heterocycles. The fraction of sp³-hybridized carbons (Fsp3) is 0.467. The van der Waals surface area contributed by atoms with E-state index in [1.807, 2.05) is 25.1 Å². The second-order valence-electron chi connectivity index (χ2n) is 5.48. The van der Waals surface area contributed by atoms with E-state index in [9.17, 15) is 4.79 Å². The summed E-state index contributed by atoms with van der Waals surface area (Å²) in [6, 6.07) is 6.03. The number of aromatic amines is 1. The number of rotatable bonds is 4. The van der Waals surface area contributed by atoms with E-state index in [0.29, 0.717) is 13.1 Å². The molecule has 21 heavy (non-hydrogen) atoms.